The third-order valence-corrected chi connectivity index (χ3v) is 3.50. The van der Waals surface area contributed by atoms with E-state index in [0.717, 1.165) is 5.56 Å². The number of ether oxygens (including phenoxy) is 3. The molecule has 126 valence electrons. The van der Waals surface area contributed by atoms with Crippen LogP contribution >= 0.6 is 11.6 Å². The summed E-state index contributed by atoms with van der Waals surface area (Å²) >= 11 is 6.02. The van der Waals surface area contributed by atoms with Crippen LogP contribution in [-0.2, 0) is 6.42 Å². The van der Waals surface area contributed by atoms with Gasteiger partial charge in [0.25, 0.3) is 0 Å². The van der Waals surface area contributed by atoms with Crippen LogP contribution in [0.15, 0.2) is 49.1 Å². The molecule has 2 aromatic carbocycles. The van der Waals surface area contributed by atoms with E-state index >= 15 is 0 Å². The third kappa shape index (κ3) is 4.43. The van der Waals surface area contributed by atoms with Gasteiger partial charge in [-0.3, -0.25) is 5.32 Å². The number of anilines is 1. The second-order valence-corrected chi connectivity index (χ2v) is 5.25. The zero-order valence-corrected chi connectivity index (χ0v) is 14.2. The molecule has 0 aliphatic carbocycles. The van der Waals surface area contributed by atoms with E-state index in [2.05, 4.69) is 11.9 Å². The van der Waals surface area contributed by atoms with Gasteiger partial charge in [0.05, 0.1) is 19.2 Å². The van der Waals surface area contributed by atoms with E-state index in [1.807, 2.05) is 6.07 Å². The molecule has 5 nitrogen and oxygen atoms in total. The fourth-order valence-electron chi connectivity index (χ4n) is 2.08. The lowest BCUT2D eigenvalue weighted by Gasteiger charge is -2.12. The molecule has 0 radical (unpaired) electrons. The molecule has 0 aromatic heterocycles. The molecule has 0 spiro atoms. The number of carbonyl (C=O) groups is 1. The monoisotopic (exact) mass is 347 g/mol. The van der Waals surface area contributed by atoms with Gasteiger partial charge in [-0.1, -0.05) is 23.7 Å². The highest BCUT2D eigenvalue weighted by molar-refractivity contribution is 6.32. The maximum Gasteiger partial charge on any atom is 0.417 e. The SMILES string of the molecule is C=CCc1ccc(OC(=O)Nc2ccc(OC)c(Cl)c2)c(OC)c1. The Morgan fingerprint density at radius 1 is 1.12 bits per heavy atom. The molecule has 6 heteroatoms. The largest absolute Gasteiger partial charge is 0.495 e. The molecule has 1 N–H and O–H groups in total. The van der Waals surface area contributed by atoms with Crippen LogP contribution < -0.4 is 19.5 Å². The van der Waals surface area contributed by atoms with E-state index in [1.165, 1.54) is 14.2 Å². The minimum Gasteiger partial charge on any atom is -0.495 e. The fraction of sp³-hybridized carbons (Fsp3) is 0.167. The molecule has 0 bridgehead atoms. The number of hydrogen-bond donors (Lipinski definition) is 1. The molecular weight excluding hydrogens is 330 g/mol. The van der Waals surface area contributed by atoms with Gasteiger partial charge in [0, 0.05) is 5.69 Å². The van der Waals surface area contributed by atoms with Crippen LogP contribution in [0, 0.1) is 0 Å². The Hall–Kier alpha value is -2.66. The molecule has 24 heavy (non-hydrogen) atoms. The molecule has 0 aliphatic heterocycles. The standard InChI is InChI=1S/C18H18ClNO4/c1-4-5-12-6-8-16(17(10-12)23-3)24-18(21)20-13-7-9-15(22-2)14(19)11-13/h4,6-11H,1,5H2,2-3H3,(H,20,21). The molecule has 0 aliphatic rings. The second kappa shape index (κ2) is 8.26. The van der Waals surface area contributed by atoms with Crippen molar-refractivity contribution in [3.8, 4) is 17.2 Å². The Balaban J connectivity index is 2.09. The second-order valence-electron chi connectivity index (χ2n) is 4.84. The molecule has 0 atom stereocenters. The average Bonchev–Trinajstić information content (AvgIpc) is 2.56. The lowest BCUT2D eigenvalue weighted by molar-refractivity contribution is 0.213. The summed E-state index contributed by atoms with van der Waals surface area (Å²) in [5, 5.41) is 2.99. The van der Waals surface area contributed by atoms with Crippen molar-refractivity contribution in [3.05, 3.63) is 59.6 Å². The van der Waals surface area contributed by atoms with Crippen molar-refractivity contribution in [1.82, 2.24) is 0 Å². The molecule has 0 unspecified atom stereocenters. The van der Waals surface area contributed by atoms with Crippen LogP contribution in [0.5, 0.6) is 17.2 Å². The molecule has 2 rings (SSSR count). The zero-order valence-electron chi connectivity index (χ0n) is 13.5. The van der Waals surface area contributed by atoms with Crippen molar-refractivity contribution >= 4 is 23.4 Å². The van der Waals surface area contributed by atoms with Crippen molar-refractivity contribution in [2.75, 3.05) is 19.5 Å². The first-order valence-corrected chi connectivity index (χ1v) is 7.55. The predicted octanol–water partition coefficient (Wildman–Crippen LogP) is 4.70. The lowest BCUT2D eigenvalue weighted by Crippen LogP contribution is -2.17. The Morgan fingerprint density at radius 2 is 1.83 bits per heavy atom. The van der Waals surface area contributed by atoms with Crippen LogP contribution in [0.2, 0.25) is 5.02 Å². The summed E-state index contributed by atoms with van der Waals surface area (Å²) in [7, 11) is 3.03. The summed E-state index contributed by atoms with van der Waals surface area (Å²) in [5.41, 5.74) is 1.50. The normalized spacial score (nSPS) is 9.96. The van der Waals surface area contributed by atoms with E-state index in [0.29, 0.717) is 34.4 Å². The van der Waals surface area contributed by atoms with Crippen LogP contribution in [0.1, 0.15) is 5.56 Å². The number of methoxy groups -OCH3 is 2. The minimum absolute atomic E-state index is 0.322. The van der Waals surface area contributed by atoms with Crippen molar-refractivity contribution in [3.63, 3.8) is 0 Å². The van der Waals surface area contributed by atoms with Crippen molar-refractivity contribution in [1.29, 1.82) is 0 Å². The van der Waals surface area contributed by atoms with Gasteiger partial charge in [-0.2, -0.15) is 0 Å². The number of nitrogens with one attached hydrogen (secondary N) is 1. The molecule has 0 fully saturated rings. The minimum atomic E-state index is -0.647. The molecule has 0 saturated carbocycles. The summed E-state index contributed by atoms with van der Waals surface area (Å²) in [6.07, 6.45) is 1.84. The lowest BCUT2D eigenvalue weighted by atomic mass is 10.1. The van der Waals surface area contributed by atoms with Gasteiger partial charge in [-0.25, -0.2) is 4.79 Å². The summed E-state index contributed by atoms with van der Waals surface area (Å²) in [5.74, 6) is 1.31. The predicted molar refractivity (Wildman–Crippen MR) is 94.5 cm³/mol. The number of carbonyl (C=O) groups excluding carboxylic acids is 1. The van der Waals surface area contributed by atoms with Crippen molar-refractivity contribution < 1.29 is 19.0 Å². The van der Waals surface area contributed by atoms with Gasteiger partial charge >= 0.3 is 6.09 Å². The van der Waals surface area contributed by atoms with E-state index in [9.17, 15) is 4.79 Å². The van der Waals surface area contributed by atoms with E-state index in [4.69, 9.17) is 25.8 Å². The first-order valence-electron chi connectivity index (χ1n) is 7.17. The summed E-state index contributed by atoms with van der Waals surface area (Å²) in [4.78, 5) is 12.0. The third-order valence-electron chi connectivity index (χ3n) is 3.21. The van der Waals surface area contributed by atoms with Crippen LogP contribution in [0.25, 0.3) is 0 Å². The Labute approximate surface area is 145 Å². The maximum absolute atomic E-state index is 12.0. The Morgan fingerprint density at radius 3 is 2.46 bits per heavy atom. The maximum atomic E-state index is 12.0. The highest BCUT2D eigenvalue weighted by Crippen LogP contribution is 2.30. The van der Waals surface area contributed by atoms with Crippen LogP contribution in [0.4, 0.5) is 10.5 Å². The molecule has 0 saturated heterocycles. The summed E-state index contributed by atoms with van der Waals surface area (Å²) < 4.78 is 15.6. The number of allylic oxidation sites excluding steroid dienone is 1. The summed E-state index contributed by atoms with van der Waals surface area (Å²) in [6, 6.07) is 10.2. The number of rotatable bonds is 6. The highest BCUT2D eigenvalue weighted by atomic mass is 35.5. The van der Waals surface area contributed by atoms with Gasteiger partial charge < -0.3 is 14.2 Å². The van der Waals surface area contributed by atoms with E-state index in [-0.39, 0.29) is 0 Å². The smallest absolute Gasteiger partial charge is 0.417 e. The zero-order chi connectivity index (χ0) is 17.5. The Kier molecular flexibility index (Phi) is 6.09. The first-order chi connectivity index (χ1) is 11.6. The number of hydrogen-bond acceptors (Lipinski definition) is 4. The van der Waals surface area contributed by atoms with Crippen molar-refractivity contribution in [2.45, 2.75) is 6.42 Å². The van der Waals surface area contributed by atoms with Crippen molar-refractivity contribution in [2.24, 2.45) is 0 Å². The fourth-order valence-corrected chi connectivity index (χ4v) is 2.34. The van der Waals surface area contributed by atoms with E-state index in [1.54, 1.807) is 36.4 Å². The quantitative estimate of drug-likeness (QED) is 0.770. The van der Waals surface area contributed by atoms with Gasteiger partial charge in [0.1, 0.15) is 5.75 Å². The number of benzene rings is 2. The van der Waals surface area contributed by atoms with Gasteiger partial charge in [-0.05, 0) is 42.3 Å². The molecular formula is C18H18ClNO4. The topological polar surface area (TPSA) is 56.8 Å². The van der Waals surface area contributed by atoms with E-state index < -0.39 is 6.09 Å². The van der Waals surface area contributed by atoms with Gasteiger partial charge in [0.15, 0.2) is 11.5 Å². The number of halogens is 1. The highest BCUT2D eigenvalue weighted by Gasteiger charge is 2.12. The Bertz CT molecular complexity index is 746. The molecule has 1 amide bonds. The summed E-state index contributed by atoms with van der Waals surface area (Å²) in [6.45, 7) is 3.69. The number of amides is 1. The van der Waals surface area contributed by atoms with Gasteiger partial charge in [-0.15, -0.1) is 6.58 Å². The van der Waals surface area contributed by atoms with Crippen LogP contribution in [0.3, 0.4) is 0 Å². The molecule has 0 heterocycles. The van der Waals surface area contributed by atoms with Gasteiger partial charge in [0.2, 0.25) is 0 Å². The molecule has 2 aromatic rings. The van der Waals surface area contributed by atoms with Crippen LogP contribution in [-0.4, -0.2) is 20.3 Å². The first kappa shape index (κ1) is 17.7. The average molecular weight is 348 g/mol.